The monoisotopic (exact) mass is 411 g/mol. The van der Waals surface area contributed by atoms with Gasteiger partial charge >= 0.3 is 5.97 Å². The zero-order chi connectivity index (χ0) is 22.3. The van der Waals surface area contributed by atoms with Gasteiger partial charge in [0.05, 0.1) is 6.61 Å². The van der Waals surface area contributed by atoms with Crippen molar-refractivity contribution in [2.24, 2.45) is 16.7 Å². The van der Waals surface area contributed by atoms with Crippen LogP contribution in [0.2, 0.25) is 0 Å². The number of carbonyl (C=O) groups is 2. The van der Waals surface area contributed by atoms with Crippen molar-refractivity contribution in [2.75, 3.05) is 13.2 Å². The largest absolute Gasteiger partial charge is 0.465 e. The third-order valence-corrected chi connectivity index (χ3v) is 5.60. The maximum absolute atomic E-state index is 12.0. The van der Waals surface area contributed by atoms with Crippen LogP contribution in [0, 0.1) is 16.7 Å². The normalized spacial score (nSPS) is 12.3. The van der Waals surface area contributed by atoms with Gasteiger partial charge < -0.3 is 10.1 Å². The van der Waals surface area contributed by atoms with E-state index in [1.807, 2.05) is 0 Å². The molecule has 0 aromatic carbocycles. The molecule has 0 aromatic heterocycles. The van der Waals surface area contributed by atoms with Crippen LogP contribution in [-0.2, 0) is 14.3 Å². The van der Waals surface area contributed by atoms with Gasteiger partial charge in [-0.05, 0) is 42.4 Å². The Bertz CT molecular complexity index is 455. The molecule has 172 valence electrons. The van der Waals surface area contributed by atoms with Gasteiger partial charge in [-0.1, -0.05) is 80.6 Å². The zero-order valence-corrected chi connectivity index (χ0v) is 20.5. The zero-order valence-electron chi connectivity index (χ0n) is 20.5. The molecule has 29 heavy (non-hydrogen) atoms. The molecule has 0 aliphatic rings. The van der Waals surface area contributed by atoms with E-state index in [-0.39, 0.29) is 22.7 Å². The molecule has 0 bridgehead atoms. The van der Waals surface area contributed by atoms with Gasteiger partial charge in [0.1, 0.15) is 0 Å². The average molecular weight is 412 g/mol. The molecular formula is C25H49NO3. The fraction of sp³-hybridized carbons (Fsp3) is 0.920. The lowest BCUT2D eigenvalue weighted by Crippen LogP contribution is -2.28. The van der Waals surface area contributed by atoms with Crippen LogP contribution in [0.4, 0.5) is 0 Å². The van der Waals surface area contributed by atoms with E-state index >= 15 is 0 Å². The topological polar surface area (TPSA) is 55.4 Å². The van der Waals surface area contributed by atoms with E-state index in [1.54, 1.807) is 0 Å². The molecule has 1 N–H and O–H groups in total. The number of hydrogen-bond acceptors (Lipinski definition) is 3. The Kier molecular flexibility index (Phi) is 14.3. The van der Waals surface area contributed by atoms with Gasteiger partial charge in [0.15, 0.2) is 0 Å². The number of hydrogen-bond donors (Lipinski definition) is 1. The Morgan fingerprint density at radius 3 is 2.10 bits per heavy atom. The SMILES string of the molecule is CCC(C)(C)CC(C)(C)COC(=O)CCCCC(=O)NCCCCCCC(C)C. The first kappa shape index (κ1) is 27.9. The van der Waals surface area contributed by atoms with Gasteiger partial charge in [0, 0.05) is 19.4 Å². The number of ether oxygens (including phenoxy) is 1. The van der Waals surface area contributed by atoms with E-state index in [2.05, 4.69) is 53.8 Å². The summed E-state index contributed by atoms with van der Waals surface area (Å²) in [6.45, 7) is 16.8. The lowest BCUT2D eigenvalue weighted by molar-refractivity contribution is -0.147. The minimum Gasteiger partial charge on any atom is -0.465 e. The summed E-state index contributed by atoms with van der Waals surface area (Å²) in [4.78, 5) is 23.8. The predicted octanol–water partition coefficient (Wildman–Crippen LogP) is 6.67. The van der Waals surface area contributed by atoms with Gasteiger partial charge in [0.25, 0.3) is 0 Å². The maximum atomic E-state index is 12.0. The van der Waals surface area contributed by atoms with Crippen LogP contribution in [0.5, 0.6) is 0 Å². The van der Waals surface area contributed by atoms with Crippen LogP contribution < -0.4 is 5.32 Å². The first-order valence-corrected chi connectivity index (χ1v) is 11.9. The standard InChI is InChI=1S/C25H49NO3/c1-8-24(4,5)19-25(6,7)20-29-23(28)17-13-12-16-22(27)26-18-14-10-9-11-15-21(2)3/h21H,8-20H2,1-7H3,(H,26,27). The third kappa shape index (κ3) is 17.5. The van der Waals surface area contributed by atoms with Gasteiger partial charge in [-0.3, -0.25) is 9.59 Å². The Morgan fingerprint density at radius 1 is 0.862 bits per heavy atom. The summed E-state index contributed by atoms with van der Waals surface area (Å²) in [7, 11) is 0. The van der Waals surface area contributed by atoms with Crippen molar-refractivity contribution in [3.05, 3.63) is 0 Å². The highest BCUT2D eigenvalue weighted by Gasteiger charge is 2.28. The molecule has 4 nitrogen and oxygen atoms in total. The lowest BCUT2D eigenvalue weighted by Gasteiger charge is -2.33. The summed E-state index contributed by atoms with van der Waals surface area (Å²) < 4.78 is 5.49. The second kappa shape index (κ2) is 14.8. The van der Waals surface area contributed by atoms with Gasteiger partial charge in [-0.15, -0.1) is 0 Å². The molecule has 0 radical (unpaired) electrons. The molecule has 0 fully saturated rings. The molecule has 0 aliphatic carbocycles. The number of unbranched alkanes of at least 4 members (excludes halogenated alkanes) is 4. The van der Waals surface area contributed by atoms with Crippen molar-refractivity contribution < 1.29 is 14.3 Å². The van der Waals surface area contributed by atoms with E-state index in [1.165, 1.54) is 25.7 Å². The Labute approximate surface area is 180 Å². The van der Waals surface area contributed by atoms with E-state index < -0.39 is 0 Å². The summed E-state index contributed by atoms with van der Waals surface area (Å²) in [5.41, 5.74) is 0.251. The van der Waals surface area contributed by atoms with E-state index in [0.717, 1.165) is 38.1 Å². The molecule has 0 aliphatic heterocycles. The summed E-state index contributed by atoms with van der Waals surface area (Å²) in [6.07, 6.45) is 10.6. The van der Waals surface area contributed by atoms with Crippen LogP contribution in [0.15, 0.2) is 0 Å². The quantitative estimate of drug-likeness (QED) is 0.215. The number of esters is 1. The van der Waals surface area contributed by atoms with Crippen LogP contribution in [-0.4, -0.2) is 25.0 Å². The highest BCUT2D eigenvalue weighted by molar-refractivity contribution is 5.75. The van der Waals surface area contributed by atoms with Crippen molar-refractivity contribution in [2.45, 2.75) is 119 Å². The predicted molar refractivity (Wildman–Crippen MR) is 123 cm³/mol. The highest BCUT2D eigenvalue weighted by atomic mass is 16.5. The fourth-order valence-corrected chi connectivity index (χ4v) is 3.72. The van der Waals surface area contributed by atoms with E-state index in [9.17, 15) is 9.59 Å². The molecule has 0 heterocycles. The van der Waals surface area contributed by atoms with Crippen LogP contribution >= 0.6 is 0 Å². The maximum Gasteiger partial charge on any atom is 0.305 e. The minimum atomic E-state index is -0.144. The Hall–Kier alpha value is -1.06. The van der Waals surface area contributed by atoms with Crippen molar-refractivity contribution in [1.29, 1.82) is 0 Å². The van der Waals surface area contributed by atoms with Crippen LogP contribution in [0.1, 0.15) is 119 Å². The summed E-state index contributed by atoms with van der Waals surface area (Å²) in [5.74, 6) is 0.740. The molecule has 0 atom stereocenters. The van der Waals surface area contributed by atoms with Crippen molar-refractivity contribution in [3.8, 4) is 0 Å². The molecule has 4 heteroatoms. The van der Waals surface area contributed by atoms with E-state index in [4.69, 9.17) is 4.74 Å². The average Bonchev–Trinajstić information content (AvgIpc) is 2.62. The molecule has 0 saturated heterocycles. The molecular weight excluding hydrogens is 362 g/mol. The number of carbonyl (C=O) groups excluding carboxylic acids is 2. The highest BCUT2D eigenvalue weighted by Crippen LogP contribution is 2.36. The number of amides is 1. The van der Waals surface area contributed by atoms with Crippen molar-refractivity contribution in [1.82, 2.24) is 5.32 Å². The lowest BCUT2D eigenvalue weighted by atomic mass is 9.74. The minimum absolute atomic E-state index is 0.0101. The van der Waals surface area contributed by atoms with Crippen molar-refractivity contribution in [3.63, 3.8) is 0 Å². The summed E-state index contributed by atoms with van der Waals surface area (Å²) >= 11 is 0. The van der Waals surface area contributed by atoms with Gasteiger partial charge in [0.2, 0.25) is 5.91 Å². The smallest absolute Gasteiger partial charge is 0.305 e. The number of nitrogens with one attached hydrogen (secondary N) is 1. The molecule has 0 saturated carbocycles. The second-order valence-corrected chi connectivity index (χ2v) is 10.7. The Balaban J connectivity index is 3.71. The van der Waals surface area contributed by atoms with E-state index in [0.29, 0.717) is 25.9 Å². The second-order valence-electron chi connectivity index (χ2n) is 10.7. The fourth-order valence-electron chi connectivity index (χ4n) is 3.72. The van der Waals surface area contributed by atoms with Crippen molar-refractivity contribution >= 4 is 11.9 Å². The molecule has 0 rings (SSSR count). The number of rotatable bonds is 17. The van der Waals surface area contributed by atoms with Crippen LogP contribution in [0.3, 0.4) is 0 Å². The summed E-state index contributed by atoms with van der Waals surface area (Å²) in [6, 6.07) is 0. The summed E-state index contributed by atoms with van der Waals surface area (Å²) in [5, 5.41) is 2.99. The molecule has 0 aromatic rings. The Morgan fingerprint density at radius 2 is 1.48 bits per heavy atom. The molecule has 0 unspecified atom stereocenters. The van der Waals surface area contributed by atoms with Gasteiger partial charge in [-0.2, -0.15) is 0 Å². The molecule has 1 amide bonds. The first-order valence-electron chi connectivity index (χ1n) is 11.9. The van der Waals surface area contributed by atoms with Crippen LogP contribution in [0.25, 0.3) is 0 Å². The first-order chi connectivity index (χ1) is 13.5. The molecule has 0 spiro atoms. The third-order valence-electron chi connectivity index (χ3n) is 5.60. The van der Waals surface area contributed by atoms with Gasteiger partial charge in [-0.25, -0.2) is 0 Å².